The molecular formula is C11H12N2O4. The number of rotatable bonds is 3. The van der Waals surface area contributed by atoms with E-state index in [9.17, 15) is 9.59 Å². The maximum Gasteiger partial charge on any atom is 0.416 e. The van der Waals surface area contributed by atoms with Crippen molar-refractivity contribution in [3.8, 4) is 11.5 Å². The molecule has 1 aliphatic heterocycles. The van der Waals surface area contributed by atoms with Crippen molar-refractivity contribution < 1.29 is 19.1 Å². The number of methoxy groups -OCH3 is 1. The average molecular weight is 236 g/mol. The van der Waals surface area contributed by atoms with Crippen LogP contribution in [0.25, 0.3) is 0 Å². The van der Waals surface area contributed by atoms with Gasteiger partial charge in [0.2, 0.25) is 5.91 Å². The van der Waals surface area contributed by atoms with Crippen LogP contribution in [0.2, 0.25) is 0 Å². The summed E-state index contributed by atoms with van der Waals surface area (Å²) in [7, 11) is 1.50. The van der Waals surface area contributed by atoms with Gasteiger partial charge in [0.25, 0.3) is 0 Å². The molecule has 6 heteroatoms. The van der Waals surface area contributed by atoms with Gasteiger partial charge in [0, 0.05) is 5.56 Å². The van der Waals surface area contributed by atoms with Crippen LogP contribution >= 0.6 is 0 Å². The molecule has 0 bridgehead atoms. The highest BCUT2D eigenvalue weighted by molar-refractivity contribution is 5.83. The quantitative estimate of drug-likeness (QED) is 0.828. The number of carbonyl (C=O) groups is 2. The second-order valence-corrected chi connectivity index (χ2v) is 3.64. The van der Waals surface area contributed by atoms with Crippen molar-refractivity contribution >= 4 is 12.0 Å². The molecule has 2 N–H and O–H groups in total. The third-order valence-corrected chi connectivity index (χ3v) is 2.44. The third kappa shape index (κ3) is 2.15. The van der Waals surface area contributed by atoms with E-state index in [1.165, 1.54) is 12.0 Å². The monoisotopic (exact) mass is 236 g/mol. The summed E-state index contributed by atoms with van der Waals surface area (Å²) < 4.78 is 10.2. The number of nitrogens with two attached hydrogens (primary N) is 1. The van der Waals surface area contributed by atoms with E-state index in [0.717, 1.165) is 5.56 Å². The number of primary amides is 1. The predicted octanol–water partition coefficient (Wildman–Crippen LogP) is 0.495. The number of hydrogen-bond donors (Lipinski definition) is 1. The largest absolute Gasteiger partial charge is 0.493 e. The van der Waals surface area contributed by atoms with Crippen LogP contribution in [0.4, 0.5) is 4.79 Å². The van der Waals surface area contributed by atoms with Crippen LogP contribution in [0.5, 0.6) is 11.5 Å². The molecule has 0 aliphatic carbocycles. The summed E-state index contributed by atoms with van der Waals surface area (Å²) in [4.78, 5) is 23.6. The Labute approximate surface area is 97.9 Å². The minimum Gasteiger partial charge on any atom is -0.493 e. The van der Waals surface area contributed by atoms with Crippen molar-refractivity contribution in [3.63, 3.8) is 0 Å². The molecule has 0 unspecified atom stereocenters. The van der Waals surface area contributed by atoms with Crippen LogP contribution in [-0.2, 0) is 11.3 Å². The molecule has 1 aliphatic rings. The molecule has 0 aromatic heterocycles. The first-order chi connectivity index (χ1) is 8.11. The second-order valence-electron chi connectivity index (χ2n) is 3.64. The van der Waals surface area contributed by atoms with Crippen molar-refractivity contribution in [1.29, 1.82) is 0 Å². The van der Waals surface area contributed by atoms with Gasteiger partial charge < -0.3 is 15.2 Å². The Balaban J connectivity index is 2.29. The van der Waals surface area contributed by atoms with Crippen LogP contribution < -0.4 is 15.2 Å². The Kier molecular flexibility index (Phi) is 2.86. The molecular weight excluding hydrogens is 224 g/mol. The first-order valence-electron chi connectivity index (χ1n) is 5.02. The average Bonchev–Trinajstić information content (AvgIpc) is 2.29. The van der Waals surface area contributed by atoms with E-state index in [-0.39, 0.29) is 13.1 Å². The van der Waals surface area contributed by atoms with Crippen LogP contribution in [0.3, 0.4) is 0 Å². The van der Waals surface area contributed by atoms with Gasteiger partial charge in [0.15, 0.2) is 11.5 Å². The Morgan fingerprint density at radius 2 is 2.35 bits per heavy atom. The highest BCUT2D eigenvalue weighted by atomic mass is 16.6. The summed E-state index contributed by atoms with van der Waals surface area (Å²) in [6, 6.07) is 5.30. The molecule has 0 radical (unpaired) electrons. The van der Waals surface area contributed by atoms with Crippen LogP contribution in [0.1, 0.15) is 5.56 Å². The topological polar surface area (TPSA) is 81.9 Å². The molecule has 6 nitrogen and oxygen atoms in total. The van der Waals surface area contributed by atoms with Gasteiger partial charge in [-0.15, -0.1) is 0 Å². The van der Waals surface area contributed by atoms with Gasteiger partial charge in [-0.05, 0) is 6.07 Å². The molecule has 0 spiro atoms. The SMILES string of the molecule is COc1cccc2c1OC(=O)N(CC(N)=O)C2. The minimum absolute atomic E-state index is 0.157. The van der Waals surface area contributed by atoms with E-state index in [1.54, 1.807) is 18.2 Å². The van der Waals surface area contributed by atoms with Gasteiger partial charge in [-0.25, -0.2) is 4.79 Å². The van der Waals surface area contributed by atoms with Gasteiger partial charge in [-0.1, -0.05) is 12.1 Å². The number of amides is 2. The fourth-order valence-electron chi connectivity index (χ4n) is 1.69. The van der Waals surface area contributed by atoms with E-state index in [4.69, 9.17) is 15.2 Å². The van der Waals surface area contributed by atoms with Crippen molar-refractivity contribution in [2.75, 3.05) is 13.7 Å². The number of para-hydroxylation sites is 1. The third-order valence-electron chi connectivity index (χ3n) is 2.44. The summed E-state index contributed by atoms with van der Waals surface area (Å²) in [6.07, 6.45) is -0.596. The second kappa shape index (κ2) is 4.32. The molecule has 1 aromatic carbocycles. The normalized spacial score (nSPS) is 13.9. The number of ether oxygens (including phenoxy) is 2. The summed E-state index contributed by atoms with van der Waals surface area (Å²) in [5, 5.41) is 0. The van der Waals surface area contributed by atoms with Crippen LogP contribution in [0.15, 0.2) is 18.2 Å². The number of carbonyl (C=O) groups excluding carboxylic acids is 2. The lowest BCUT2D eigenvalue weighted by Crippen LogP contribution is -2.42. The predicted molar refractivity (Wildman–Crippen MR) is 58.6 cm³/mol. The van der Waals surface area contributed by atoms with Crippen molar-refractivity contribution in [3.05, 3.63) is 23.8 Å². The standard InChI is InChI=1S/C11H12N2O4/c1-16-8-4-2-3-7-5-13(6-9(12)14)11(15)17-10(7)8/h2-4H,5-6H2,1H3,(H2,12,14). The van der Waals surface area contributed by atoms with Crippen molar-refractivity contribution in [2.24, 2.45) is 5.73 Å². The van der Waals surface area contributed by atoms with Gasteiger partial charge in [-0.2, -0.15) is 0 Å². The summed E-state index contributed by atoms with van der Waals surface area (Å²) >= 11 is 0. The minimum atomic E-state index is -0.596. The van der Waals surface area contributed by atoms with E-state index >= 15 is 0 Å². The zero-order chi connectivity index (χ0) is 12.4. The molecule has 90 valence electrons. The van der Waals surface area contributed by atoms with Crippen LogP contribution in [-0.4, -0.2) is 30.6 Å². The van der Waals surface area contributed by atoms with Gasteiger partial charge in [-0.3, -0.25) is 9.69 Å². The molecule has 2 rings (SSSR count). The molecule has 1 heterocycles. The maximum absolute atomic E-state index is 11.6. The first kappa shape index (κ1) is 11.3. The van der Waals surface area contributed by atoms with Gasteiger partial charge in [0.05, 0.1) is 13.7 Å². The Morgan fingerprint density at radius 3 is 3.00 bits per heavy atom. The Hall–Kier alpha value is -2.24. The lowest BCUT2D eigenvalue weighted by atomic mass is 10.1. The molecule has 0 saturated carbocycles. The lowest BCUT2D eigenvalue weighted by molar-refractivity contribution is -0.119. The van der Waals surface area contributed by atoms with Crippen molar-refractivity contribution in [1.82, 2.24) is 4.90 Å². The molecule has 0 saturated heterocycles. The van der Waals surface area contributed by atoms with Crippen molar-refractivity contribution in [2.45, 2.75) is 6.54 Å². The van der Waals surface area contributed by atoms with E-state index < -0.39 is 12.0 Å². The van der Waals surface area contributed by atoms with Crippen LogP contribution in [0, 0.1) is 0 Å². The Morgan fingerprint density at radius 1 is 1.59 bits per heavy atom. The summed E-state index contributed by atoms with van der Waals surface area (Å²) in [5.74, 6) is 0.323. The number of nitrogens with zero attached hydrogens (tertiary/aromatic N) is 1. The van der Waals surface area contributed by atoms with E-state index in [1.807, 2.05) is 0 Å². The highest BCUT2D eigenvalue weighted by Gasteiger charge is 2.28. The fraction of sp³-hybridized carbons (Fsp3) is 0.273. The van der Waals surface area contributed by atoms with Gasteiger partial charge in [0.1, 0.15) is 6.54 Å². The van der Waals surface area contributed by atoms with Gasteiger partial charge >= 0.3 is 6.09 Å². The Bertz CT molecular complexity index is 473. The molecule has 2 amide bonds. The smallest absolute Gasteiger partial charge is 0.416 e. The molecule has 0 atom stereocenters. The molecule has 1 aromatic rings. The molecule has 0 fully saturated rings. The summed E-state index contributed by atoms with van der Waals surface area (Å²) in [5.41, 5.74) is 5.83. The number of benzene rings is 1. The lowest BCUT2D eigenvalue weighted by Gasteiger charge is -2.27. The maximum atomic E-state index is 11.6. The van der Waals surface area contributed by atoms with E-state index in [0.29, 0.717) is 11.5 Å². The zero-order valence-corrected chi connectivity index (χ0v) is 9.30. The fourth-order valence-corrected chi connectivity index (χ4v) is 1.69. The zero-order valence-electron chi connectivity index (χ0n) is 9.30. The number of hydrogen-bond acceptors (Lipinski definition) is 4. The molecule has 17 heavy (non-hydrogen) atoms. The first-order valence-corrected chi connectivity index (χ1v) is 5.02. The van der Waals surface area contributed by atoms with E-state index in [2.05, 4.69) is 0 Å². The number of fused-ring (bicyclic) bond motifs is 1. The highest BCUT2D eigenvalue weighted by Crippen LogP contribution is 2.35. The summed E-state index contributed by atoms with van der Waals surface area (Å²) in [6.45, 7) is 0.129.